The molecule has 4 aromatic rings. The van der Waals surface area contributed by atoms with Gasteiger partial charge in [-0.2, -0.15) is 0 Å². The molecule has 162 valence electrons. The summed E-state index contributed by atoms with van der Waals surface area (Å²) < 4.78 is 40.0. The number of halogens is 1. The lowest BCUT2D eigenvalue weighted by Crippen LogP contribution is -2.16. The summed E-state index contributed by atoms with van der Waals surface area (Å²) in [4.78, 5) is 9.22. The third kappa shape index (κ3) is 4.19. The molecule has 0 atom stereocenters. The van der Waals surface area contributed by atoms with Gasteiger partial charge in [0.25, 0.3) is 10.0 Å². The largest absolute Gasteiger partial charge is 0.454 e. The molecule has 2 heterocycles. The van der Waals surface area contributed by atoms with Gasteiger partial charge < -0.3 is 14.8 Å². The number of rotatable bonds is 6. The van der Waals surface area contributed by atoms with Crippen LogP contribution >= 0.6 is 15.9 Å². The van der Waals surface area contributed by atoms with Crippen molar-refractivity contribution in [1.29, 1.82) is 0 Å². The van der Waals surface area contributed by atoms with Crippen LogP contribution in [0, 0.1) is 0 Å². The van der Waals surface area contributed by atoms with Crippen LogP contribution in [0.1, 0.15) is 5.56 Å². The number of sulfonamides is 1. The monoisotopic (exact) mass is 512 g/mol. The molecule has 0 amide bonds. The van der Waals surface area contributed by atoms with Gasteiger partial charge in [-0.3, -0.25) is 4.72 Å². The minimum absolute atomic E-state index is 0.118. The van der Waals surface area contributed by atoms with Crippen LogP contribution in [0.3, 0.4) is 0 Å². The topological polar surface area (TPSA) is 102 Å². The summed E-state index contributed by atoms with van der Waals surface area (Å²) >= 11 is 3.31. The quantitative estimate of drug-likeness (QED) is 0.391. The predicted octanol–water partition coefficient (Wildman–Crippen LogP) is 4.53. The number of hydrogen-bond acceptors (Lipinski definition) is 7. The van der Waals surface area contributed by atoms with Crippen LogP contribution in [0.2, 0.25) is 0 Å². The number of benzene rings is 3. The minimum atomic E-state index is -3.86. The standard InChI is InChI=1S/C22H17BrN4O4S/c23-15-6-8-16(9-7-15)32(28,29)27-22-21(25-17-3-1-2-4-18(17)26-22)24-12-14-5-10-19-20(11-14)31-13-30-19/h1-11H,12-13H2,(H,24,25)(H,26,27). The van der Waals surface area contributed by atoms with Gasteiger partial charge in [0.1, 0.15) is 0 Å². The Bertz CT molecular complexity index is 1410. The summed E-state index contributed by atoms with van der Waals surface area (Å²) in [6.45, 7) is 0.584. The fourth-order valence-corrected chi connectivity index (χ4v) is 4.50. The first-order valence-corrected chi connectivity index (χ1v) is 11.9. The molecule has 0 radical (unpaired) electrons. The number of ether oxygens (including phenoxy) is 2. The van der Waals surface area contributed by atoms with Crippen molar-refractivity contribution in [2.24, 2.45) is 0 Å². The van der Waals surface area contributed by atoms with Crippen molar-refractivity contribution in [3.8, 4) is 11.5 Å². The van der Waals surface area contributed by atoms with E-state index in [1.54, 1.807) is 18.2 Å². The number of hydrogen-bond donors (Lipinski definition) is 2. The van der Waals surface area contributed by atoms with Crippen LogP contribution in [-0.4, -0.2) is 25.2 Å². The molecule has 0 aliphatic carbocycles. The lowest BCUT2D eigenvalue weighted by atomic mass is 10.2. The molecule has 1 aliphatic rings. The van der Waals surface area contributed by atoms with E-state index in [9.17, 15) is 8.42 Å². The number of para-hydroxylation sites is 2. The van der Waals surface area contributed by atoms with E-state index in [4.69, 9.17) is 9.47 Å². The van der Waals surface area contributed by atoms with Crippen molar-refractivity contribution < 1.29 is 17.9 Å². The first-order chi connectivity index (χ1) is 15.5. The molecule has 0 saturated carbocycles. The maximum Gasteiger partial charge on any atom is 0.263 e. The molecular formula is C22H17BrN4O4S. The molecule has 0 fully saturated rings. The van der Waals surface area contributed by atoms with Crippen molar-refractivity contribution in [3.63, 3.8) is 0 Å². The Balaban J connectivity index is 1.47. The van der Waals surface area contributed by atoms with Crippen LogP contribution in [0.5, 0.6) is 11.5 Å². The molecule has 5 rings (SSSR count). The molecule has 0 spiro atoms. The Morgan fingerprint density at radius 1 is 0.875 bits per heavy atom. The second-order valence-corrected chi connectivity index (χ2v) is 9.61. The Morgan fingerprint density at radius 3 is 2.31 bits per heavy atom. The third-order valence-electron chi connectivity index (χ3n) is 4.82. The first-order valence-electron chi connectivity index (χ1n) is 9.65. The second-order valence-electron chi connectivity index (χ2n) is 7.01. The van der Waals surface area contributed by atoms with Gasteiger partial charge in [0.05, 0.1) is 15.9 Å². The highest BCUT2D eigenvalue weighted by Crippen LogP contribution is 2.33. The molecule has 32 heavy (non-hydrogen) atoms. The highest BCUT2D eigenvalue weighted by molar-refractivity contribution is 9.10. The molecular weight excluding hydrogens is 496 g/mol. The zero-order valence-electron chi connectivity index (χ0n) is 16.6. The van der Waals surface area contributed by atoms with Crippen LogP contribution in [0.15, 0.2) is 76.1 Å². The molecule has 0 bridgehead atoms. The van der Waals surface area contributed by atoms with Gasteiger partial charge in [-0.15, -0.1) is 0 Å². The van der Waals surface area contributed by atoms with Crippen LogP contribution in [-0.2, 0) is 16.6 Å². The zero-order valence-corrected chi connectivity index (χ0v) is 19.0. The molecule has 10 heteroatoms. The molecule has 8 nitrogen and oxygen atoms in total. The van der Waals surface area contributed by atoms with E-state index in [2.05, 4.69) is 35.9 Å². The van der Waals surface area contributed by atoms with E-state index in [1.165, 1.54) is 12.1 Å². The SMILES string of the molecule is O=S(=O)(Nc1nc2ccccc2nc1NCc1ccc2c(c1)OCO2)c1ccc(Br)cc1. The lowest BCUT2D eigenvalue weighted by Gasteiger charge is -2.14. The summed E-state index contributed by atoms with van der Waals surface area (Å²) in [6.07, 6.45) is 0. The summed E-state index contributed by atoms with van der Waals surface area (Å²) in [5.41, 5.74) is 2.15. The summed E-state index contributed by atoms with van der Waals surface area (Å²) in [7, 11) is -3.86. The van der Waals surface area contributed by atoms with Crippen LogP contribution in [0.25, 0.3) is 11.0 Å². The molecule has 3 aromatic carbocycles. The molecule has 0 saturated heterocycles. The Labute approximate surface area is 192 Å². The normalized spacial score (nSPS) is 12.7. The highest BCUT2D eigenvalue weighted by Gasteiger charge is 2.19. The number of nitrogens with zero attached hydrogens (tertiary/aromatic N) is 2. The van der Waals surface area contributed by atoms with E-state index >= 15 is 0 Å². The maximum atomic E-state index is 13.0. The molecule has 2 N–H and O–H groups in total. The summed E-state index contributed by atoms with van der Waals surface area (Å²) in [5.74, 6) is 1.81. The molecule has 0 unspecified atom stereocenters. The van der Waals surface area contributed by atoms with E-state index in [0.717, 1.165) is 10.0 Å². The van der Waals surface area contributed by atoms with Gasteiger partial charge in [0, 0.05) is 11.0 Å². The summed E-state index contributed by atoms with van der Waals surface area (Å²) in [6, 6.07) is 19.2. The average molecular weight is 513 g/mol. The van der Waals surface area contributed by atoms with Gasteiger partial charge in [-0.1, -0.05) is 34.1 Å². The van der Waals surface area contributed by atoms with Crippen molar-refractivity contribution in [3.05, 3.63) is 76.8 Å². The first kappa shape index (κ1) is 20.5. The highest BCUT2D eigenvalue weighted by atomic mass is 79.9. The van der Waals surface area contributed by atoms with Gasteiger partial charge in [0.2, 0.25) is 6.79 Å². The van der Waals surface area contributed by atoms with Gasteiger partial charge >= 0.3 is 0 Å². The van der Waals surface area contributed by atoms with E-state index in [1.807, 2.05) is 36.4 Å². The molecule has 1 aliphatic heterocycles. The number of anilines is 2. The predicted molar refractivity (Wildman–Crippen MR) is 124 cm³/mol. The van der Waals surface area contributed by atoms with Crippen LogP contribution < -0.4 is 19.5 Å². The average Bonchev–Trinajstić information content (AvgIpc) is 3.25. The fraction of sp³-hybridized carbons (Fsp3) is 0.0909. The van der Waals surface area contributed by atoms with Gasteiger partial charge in [0.15, 0.2) is 23.1 Å². The third-order valence-corrected chi connectivity index (χ3v) is 6.71. The lowest BCUT2D eigenvalue weighted by molar-refractivity contribution is 0.174. The minimum Gasteiger partial charge on any atom is -0.454 e. The van der Waals surface area contributed by atoms with Gasteiger partial charge in [-0.25, -0.2) is 18.4 Å². The smallest absolute Gasteiger partial charge is 0.263 e. The van der Waals surface area contributed by atoms with E-state index < -0.39 is 10.0 Å². The van der Waals surface area contributed by atoms with Crippen molar-refractivity contribution >= 4 is 48.6 Å². The van der Waals surface area contributed by atoms with Crippen molar-refractivity contribution in [2.75, 3.05) is 16.8 Å². The number of fused-ring (bicyclic) bond motifs is 2. The van der Waals surface area contributed by atoms with Crippen molar-refractivity contribution in [1.82, 2.24) is 9.97 Å². The number of nitrogens with one attached hydrogen (secondary N) is 2. The van der Waals surface area contributed by atoms with E-state index in [-0.39, 0.29) is 17.5 Å². The zero-order chi connectivity index (χ0) is 22.1. The summed E-state index contributed by atoms with van der Waals surface area (Å²) in [5, 5.41) is 3.19. The fourth-order valence-electron chi connectivity index (χ4n) is 3.23. The maximum absolute atomic E-state index is 13.0. The Hall–Kier alpha value is -3.37. The van der Waals surface area contributed by atoms with Gasteiger partial charge in [-0.05, 0) is 54.1 Å². The second kappa shape index (κ2) is 8.29. The Morgan fingerprint density at radius 2 is 1.56 bits per heavy atom. The van der Waals surface area contributed by atoms with Crippen molar-refractivity contribution in [2.45, 2.75) is 11.4 Å². The number of aromatic nitrogens is 2. The van der Waals surface area contributed by atoms with E-state index in [0.29, 0.717) is 34.9 Å². The molecule has 1 aromatic heterocycles. The van der Waals surface area contributed by atoms with Crippen LogP contribution in [0.4, 0.5) is 11.6 Å². The Kier molecular flexibility index (Phi) is 5.32.